The summed E-state index contributed by atoms with van der Waals surface area (Å²) >= 11 is 10.1. The van der Waals surface area contributed by atoms with Crippen molar-refractivity contribution in [2.45, 2.75) is 19.5 Å². The number of nitrogens with one attached hydrogen (secondary N) is 1. The first-order chi connectivity index (χ1) is 16.0. The van der Waals surface area contributed by atoms with Crippen molar-refractivity contribution in [1.29, 1.82) is 0 Å². The zero-order valence-electron chi connectivity index (χ0n) is 18.4. The summed E-state index contributed by atoms with van der Waals surface area (Å²) in [6.45, 7) is 1.85. The van der Waals surface area contributed by atoms with Crippen LogP contribution in [0.3, 0.4) is 0 Å². The molecule has 1 amide bonds. The Morgan fingerprint density at radius 2 is 1.27 bits per heavy atom. The van der Waals surface area contributed by atoms with Crippen LogP contribution in [0.2, 0.25) is 5.02 Å². The molecule has 168 valence electrons. The van der Waals surface area contributed by atoms with Crippen LogP contribution in [0, 0.1) is 0 Å². The quantitative estimate of drug-likeness (QED) is 0.261. The molecule has 0 fully saturated rings. The van der Waals surface area contributed by atoms with Crippen LogP contribution in [0.25, 0.3) is 0 Å². The van der Waals surface area contributed by atoms with E-state index in [-0.39, 0.29) is 5.91 Å². The normalized spacial score (nSPS) is 11.7. The Morgan fingerprint density at radius 3 is 1.70 bits per heavy atom. The van der Waals surface area contributed by atoms with Gasteiger partial charge in [-0.2, -0.15) is 0 Å². The number of hydrogen-bond donors (Lipinski definition) is 1. The maximum absolute atomic E-state index is 12.4. The van der Waals surface area contributed by atoms with E-state index < -0.39 is 7.26 Å². The predicted molar refractivity (Wildman–Crippen MR) is 148 cm³/mol. The van der Waals surface area contributed by atoms with Crippen molar-refractivity contribution in [1.82, 2.24) is 0 Å². The van der Waals surface area contributed by atoms with Gasteiger partial charge in [0.05, 0.1) is 0 Å². The number of hydrogen-bond acceptors (Lipinski definition) is 1. The number of carbonyl (C=O) groups is 1. The van der Waals surface area contributed by atoms with E-state index in [0.717, 1.165) is 21.9 Å². The second-order valence-electron chi connectivity index (χ2n) is 8.01. The van der Waals surface area contributed by atoms with Gasteiger partial charge >= 0.3 is 210 Å². The molecule has 0 atom stereocenters. The van der Waals surface area contributed by atoms with Gasteiger partial charge in [0.2, 0.25) is 0 Å². The Labute approximate surface area is 209 Å². The van der Waals surface area contributed by atoms with Gasteiger partial charge in [0.25, 0.3) is 0 Å². The van der Waals surface area contributed by atoms with Crippen LogP contribution in [-0.4, -0.2) is 5.91 Å². The SMILES string of the molecule is CCC(=O)Nc1cc(Cl)c(Br)cc1C[PH](c1ccccc1)(c1ccccc1)c1ccccc1. The Bertz CT molecular complexity index is 1140. The van der Waals surface area contributed by atoms with E-state index in [1.54, 1.807) is 0 Å². The van der Waals surface area contributed by atoms with Crippen molar-refractivity contribution in [3.8, 4) is 0 Å². The average molecular weight is 539 g/mol. The topological polar surface area (TPSA) is 29.1 Å². The molecule has 0 spiro atoms. The number of benzene rings is 4. The van der Waals surface area contributed by atoms with Gasteiger partial charge in [0, 0.05) is 0 Å². The molecule has 0 unspecified atom stereocenters. The Balaban J connectivity index is 2.00. The number of anilines is 1. The molecule has 33 heavy (non-hydrogen) atoms. The van der Waals surface area contributed by atoms with E-state index in [1.165, 1.54) is 15.9 Å². The van der Waals surface area contributed by atoms with Crippen molar-refractivity contribution < 1.29 is 4.79 Å². The molecule has 4 aromatic rings. The molecule has 4 aromatic carbocycles. The summed E-state index contributed by atoms with van der Waals surface area (Å²) in [5, 5.41) is 7.63. The van der Waals surface area contributed by atoms with E-state index in [0.29, 0.717) is 11.4 Å². The van der Waals surface area contributed by atoms with Gasteiger partial charge in [-0.25, -0.2) is 0 Å². The first-order valence-corrected chi connectivity index (χ1v) is 14.4. The third kappa shape index (κ3) is 5.06. The molecule has 0 radical (unpaired) electrons. The van der Waals surface area contributed by atoms with Gasteiger partial charge < -0.3 is 0 Å². The molecular formula is C28H26BrClNOP. The van der Waals surface area contributed by atoms with Crippen LogP contribution >= 0.6 is 34.8 Å². The summed E-state index contributed by atoms with van der Waals surface area (Å²) in [6.07, 6.45) is 1.19. The number of amides is 1. The van der Waals surface area contributed by atoms with Gasteiger partial charge in [-0.3, -0.25) is 0 Å². The molecule has 0 aromatic heterocycles. The molecule has 4 rings (SSSR count). The van der Waals surface area contributed by atoms with Crippen molar-refractivity contribution in [3.05, 3.63) is 118 Å². The standard InChI is InChI=1S/C28H26BrClNOP/c1-2-28(32)31-27-19-26(30)25(29)18-21(27)20-33(22-12-6-3-7-13-22,23-14-8-4-9-15-23)24-16-10-5-11-17-24/h3-19,33H,2,20H2,1H3,(H,31,32). The molecule has 5 heteroatoms. The minimum atomic E-state index is -2.51. The third-order valence-electron chi connectivity index (χ3n) is 6.00. The first kappa shape index (κ1) is 23.7. The summed E-state index contributed by atoms with van der Waals surface area (Å²) in [4.78, 5) is 12.4. The predicted octanol–water partition coefficient (Wildman–Crippen LogP) is 6.68. The van der Waals surface area contributed by atoms with Crippen LogP contribution < -0.4 is 21.2 Å². The number of halogens is 2. The van der Waals surface area contributed by atoms with E-state index in [4.69, 9.17) is 11.6 Å². The second kappa shape index (κ2) is 10.7. The summed E-state index contributed by atoms with van der Waals surface area (Å²) in [7, 11) is -2.51. The Hall–Kier alpha value is -2.45. The van der Waals surface area contributed by atoms with Crippen LogP contribution in [0.5, 0.6) is 0 Å². The zero-order chi connectivity index (χ0) is 23.3. The van der Waals surface area contributed by atoms with Crippen molar-refractivity contribution in [3.63, 3.8) is 0 Å². The van der Waals surface area contributed by atoms with Crippen LogP contribution in [0.15, 0.2) is 108 Å². The second-order valence-corrected chi connectivity index (χ2v) is 13.2. The zero-order valence-corrected chi connectivity index (χ0v) is 21.7. The summed E-state index contributed by atoms with van der Waals surface area (Å²) in [5.74, 6) is -0.0268. The molecule has 0 aliphatic rings. The first-order valence-electron chi connectivity index (χ1n) is 11.0. The molecule has 1 N–H and O–H groups in total. The van der Waals surface area contributed by atoms with E-state index in [9.17, 15) is 4.79 Å². The van der Waals surface area contributed by atoms with Gasteiger partial charge in [-0.1, -0.05) is 0 Å². The number of rotatable bonds is 7. The fraction of sp³-hybridized carbons (Fsp3) is 0.107. The Morgan fingerprint density at radius 1 is 0.818 bits per heavy atom. The van der Waals surface area contributed by atoms with E-state index in [2.05, 4.69) is 118 Å². The molecule has 0 aliphatic heterocycles. The van der Waals surface area contributed by atoms with Gasteiger partial charge in [-0.05, 0) is 0 Å². The van der Waals surface area contributed by atoms with Crippen molar-refractivity contribution in [2.24, 2.45) is 0 Å². The molecule has 0 saturated heterocycles. The average Bonchev–Trinajstić information content (AvgIpc) is 2.87. The molecule has 2 nitrogen and oxygen atoms in total. The van der Waals surface area contributed by atoms with Gasteiger partial charge in [-0.15, -0.1) is 0 Å². The maximum atomic E-state index is 12.4. The molecule has 0 saturated carbocycles. The minimum absolute atomic E-state index is 0.0268. The molecule has 0 bridgehead atoms. The molecular weight excluding hydrogens is 513 g/mol. The monoisotopic (exact) mass is 537 g/mol. The van der Waals surface area contributed by atoms with Gasteiger partial charge in [0.1, 0.15) is 0 Å². The summed E-state index contributed by atoms with van der Waals surface area (Å²) in [6, 6.07) is 36.2. The number of carbonyl (C=O) groups excluding carboxylic acids is 1. The van der Waals surface area contributed by atoms with Crippen molar-refractivity contribution >= 4 is 62.3 Å². The summed E-state index contributed by atoms with van der Waals surface area (Å²) < 4.78 is 0.825. The van der Waals surface area contributed by atoms with Crippen LogP contribution in [0.1, 0.15) is 18.9 Å². The van der Waals surface area contributed by atoms with E-state index >= 15 is 0 Å². The fourth-order valence-electron chi connectivity index (χ4n) is 4.35. The third-order valence-corrected chi connectivity index (χ3v) is 12.1. The van der Waals surface area contributed by atoms with Crippen LogP contribution in [0.4, 0.5) is 5.69 Å². The van der Waals surface area contributed by atoms with Gasteiger partial charge in [0.15, 0.2) is 0 Å². The van der Waals surface area contributed by atoms with Crippen molar-refractivity contribution in [2.75, 3.05) is 5.32 Å². The fourth-order valence-corrected chi connectivity index (χ4v) is 9.66. The molecule has 0 heterocycles. The Kier molecular flexibility index (Phi) is 7.65. The molecule has 0 aliphatic carbocycles. The van der Waals surface area contributed by atoms with Crippen LogP contribution in [-0.2, 0) is 11.0 Å². The van der Waals surface area contributed by atoms with E-state index in [1.807, 2.05) is 13.0 Å². The summed E-state index contributed by atoms with van der Waals surface area (Å²) in [5.41, 5.74) is 1.84.